The highest BCUT2D eigenvalue weighted by Crippen LogP contribution is 2.59. The van der Waals surface area contributed by atoms with Gasteiger partial charge in [0.1, 0.15) is 5.60 Å². The van der Waals surface area contributed by atoms with E-state index in [-0.39, 0.29) is 18.9 Å². The van der Waals surface area contributed by atoms with E-state index in [1.54, 1.807) is 25.2 Å². The Kier molecular flexibility index (Phi) is 3.42. The van der Waals surface area contributed by atoms with Gasteiger partial charge in [-0.1, -0.05) is 32.1 Å². The lowest BCUT2D eigenvalue weighted by Gasteiger charge is -2.61. The van der Waals surface area contributed by atoms with E-state index in [1.165, 1.54) is 0 Å². The molecular weight excluding hydrogens is 244 g/mol. The van der Waals surface area contributed by atoms with E-state index in [1.807, 2.05) is 13.8 Å². The maximum absolute atomic E-state index is 10.9. The lowest BCUT2D eigenvalue weighted by atomic mass is 9.48. The molecule has 2 rings (SSSR count). The van der Waals surface area contributed by atoms with E-state index < -0.39 is 22.7 Å². The molecule has 0 heterocycles. The number of hydrogen-bond donors (Lipinski definition) is 4. The molecule has 0 aromatic rings. The van der Waals surface area contributed by atoms with Gasteiger partial charge in [0, 0.05) is 12.3 Å². The SMILES string of the molecule is CC1(C)C[C@@H]2/C(CO)=C\C=C[C@@](C)(O)C[C@H](O)[C@]21O. The first kappa shape index (κ1) is 14.7. The summed E-state index contributed by atoms with van der Waals surface area (Å²) in [5, 5.41) is 41.0. The first-order valence-electron chi connectivity index (χ1n) is 6.76. The molecule has 2 aliphatic rings. The van der Waals surface area contributed by atoms with Gasteiger partial charge in [-0.2, -0.15) is 0 Å². The molecule has 1 fully saturated rings. The summed E-state index contributed by atoms with van der Waals surface area (Å²) in [5.74, 6) is -0.263. The molecule has 0 bridgehead atoms. The number of aliphatic hydroxyl groups excluding tert-OH is 2. The van der Waals surface area contributed by atoms with Gasteiger partial charge in [0.15, 0.2) is 0 Å². The van der Waals surface area contributed by atoms with Gasteiger partial charge in [-0.25, -0.2) is 0 Å². The minimum atomic E-state index is -1.31. The quantitative estimate of drug-likeness (QED) is 0.566. The van der Waals surface area contributed by atoms with Crippen LogP contribution in [0.1, 0.15) is 33.6 Å². The second-order valence-electron chi connectivity index (χ2n) is 6.80. The lowest BCUT2D eigenvalue weighted by molar-refractivity contribution is -0.250. The van der Waals surface area contributed by atoms with Crippen molar-refractivity contribution in [2.75, 3.05) is 6.61 Å². The van der Waals surface area contributed by atoms with Crippen LogP contribution in [-0.2, 0) is 0 Å². The van der Waals surface area contributed by atoms with Crippen LogP contribution in [0.5, 0.6) is 0 Å². The molecular formula is C15H24O4. The zero-order valence-electron chi connectivity index (χ0n) is 11.8. The number of hydrogen-bond acceptors (Lipinski definition) is 4. The Bertz CT molecular complexity index is 422. The Morgan fingerprint density at radius 3 is 2.37 bits per heavy atom. The maximum atomic E-state index is 10.9. The first-order chi connectivity index (χ1) is 8.64. The molecule has 0 unspecified atom stereocenters. The van der Waals surface area contributed by atoms with Gasteiger partial charge in [0.05, 0.1) is 18.3 Å². The Hall–Kier alpha value is -0.680. The summed E-state index contributed by atoms with van der Waals surface area (Å²) in [6.07, 6.45) is 4.77. The normalized spacial score (nSPS) is 48.1. The van der Waals surface area contributed by atoms with Gasteiger partial charge in [-0.15, -0.1) is 0 Å². The third-order valence-electron chi connectivity index (χ3n) is 4.84. The van der Waals surface area contributed by atoms with Crippen molar-refractivity contribution < 1.29 is 20.4 Å². The van der Waals surface area contributed by atoms with Gasteiger partial charge in [-0.05, 0) is 24.3 Å². The van der Waals surface area contributed by atoms with Crippen LogP contribution >= 0.6 is 0 Å². The molecule has 0 saturated heterocycles. The summed E-state index contributed by atoms with van der Waals surface area (Å²) in [4.78, 5) is 0. The van der Waals surface area contributed by atoms with Crippen molar-refractivity contribution in [3.8, 4) is 0 Å². The van der Waals surface area contributed by atoms with Crippen molar-refractivity contribution in [2.24, 2.45) is 11.3 Å². The summed E-state index contributed by atoms with van der Waals surface area (Å²) in [5.41, 5.74) is -2.22. The van der Waals surface area contributed by atoms with Gasteiger partial charge in [0.2, 0.25) is 0 Å². The number of allylic oxidation sites excluding steroid dienone is 2. The minimum absolute atomic E-state index is 0.0759. The van der Waals surface area contributed by atoms with Gasteiger partial charge >= 0.3 is 0 Å². The highest BCUT2D eigenvalue weighted by molar-refractivity contribution is 5.30. The van der Waals surface area contributed by atoms with Crippen LogP contribution in [0, 0.1) is 11.3 Å². The average Bonchev–Trinajstić information content (AvgIpc) is 2.32. The third-order valence-corrected chi connectivity index (χ3v) is 4.84. The van der Waals surface area contributed by atoms with Crippen molar-refractivity contribution in [3.05, 3.63) is 23.8 Å². The van der Waals surface area contributed by atoms with Crippen LogP contribution in [-0.4, -0.2) is 44.3 Å². The molecule has 4 N–H and O–H groups in total. The van der Waals surface area contributed by atoms with Gasteiger partial charge in [-0.3, -0.25) is 0 Å². The second-order valence-corrected chi connectivity index (χ2v) is 6.80. The van der Waals surface area contributed by atoms with Crippen LogP contribution in [0.15, 0.2) is 23.8 Å². The summed E-state index contributed by atoms with van der Waals surface area (Å²) < 4.78 is 0. The Morgan fingerprint density at radius 2 is 1.84 bits per heavy atom. The fourth-order valence-electron chi connectivity index (χ4n) is 3.54. The van der Waals surface area contributed by atoms with E-state index >= 15 is 0 Å². The average molecular weight is 268 g/mol. The number of rotatable bonds is 1. The van der Waals surface area contributed by atoms with Gasteiger partial charge in [0.25, 0.3) is 0 Å². The number of aliphatic hydroxyl groups is 4. The Morgan fingerprint density at radius 1 is 1.21 bits per heavy atom. The van der Waals surface area contributed by atoms with Crippen molar-refractivity contribution in [3.63, 3.8) is 0 Å². The monoisotopic (exact) mass is 268 g/mol. The van der Waals surface area contributed by atoms with E-state index in [9.17, 15) is 20.4 Å². The summed E-state index contributed by atoms with van der Waals surface area (Å²) in [7, 11) is 0. The van der Waals surface area contributed by atoms with Crippen molar-refractivity contribution in [1.82, 2.24) is 0 Å². The topological polar surface area (TPSA) is 80.9 Å². The molecule has 1 saturated carbocycles. The predicted molar refractivity (Wildman–Crippen MR) is 72.4 cm³/mol. The second kappa shape index (κ2) is 4.42. The molecule has 4 atom stereocenters. The van der Waals surface area contributed by atoms with Crippen LogP contribution in [0.3, 0.4) is 0 Å². The molecule has 2 aliphatic carbocycles. The van der Waals surface area contributed by atoms with Crippen LogP contribution < -0.4 is 0 Å². The predicted octanol–water partition coefficient (Wildman–Crippen LogP) is 0.754. The van der Waals surface area contributed by atoms with E-state index in [0.29, 0.717) is 12.0 Å². The lowest BCUT2D eigenvalue weighted by Crippen LogP contribution is -2.69. The molecule has 4 nitrogen and oxygen atoms in total. The Balaban J connectivity index is 2.45. The summed E-state index contributed by atoms with van der Waals surface area (Å²) in [6, 6.07) is 0. The molecule has 0 radical (unpaired) electrons. The smallest absolute Gasteiger partial charge is 0.102 e. The van der Waals surface area contributed by atoms with Crippen LogP contribution in [0.2, 0.25) is 0 Å². The highest BCUT2D eigenvalue weighted by atomic mass is 16.3. The minimum Gasteiger partial charge on any atom is -0.392 e. The molecule has 0 aromatic heterocycles. The zero-order valence-corrected chi connectivity index (χ0v) is 11.8. The summed E-state index contributed by atoms with van der Waals surface area (Å²) >= 11 is 0. The maximum Gasteiger partial charge on any atom is 0.102 e. The Labute approximate surface area is 114 Å². The fourth-order valence-corrected chi connectivity index (χ4v) is 3.54. The molecule has 0 spiro atoms. The van der Waals surface area contributed by atoms with Crippen molar-refractivity contribution in [2.45, 2.75) is 50.9 Å². The molecule has 0 aliphatic heterocycles. The van der Waals surface area contributed by atoms with E-state index in [4.69, 9.17) is 0 Å². The van der Waals surface area contributed by atoms with Crippen LogP contribution in [0.4, 0.5) is 0 Å². The van der Waals surface area contributed by atoms with E-state index in [2.05, 4.69) is 0 Å². The number of fused-ring (bicyclic) bond motifs is 1. The molecule has 19 heavy (non-hydrogen) atoms. The van der Waals surface area contributed by atoms with Crippen molar-refractivity contribution in [1.29, 1.82) is 0 Å². The highest BCUT2D eigenvalue weighted by Gasteiger charge is 2.64. The van der Waals surface area contributed by atoms with Crippen LogP contribution in [0.25, 0.3) is 0 Å². The third kappa shape index (κ3) is 2.17. The van der Waals surface area contributed by atoms with Crippen molar-refractivity contribution >= 4 is 0 Å². The standard InChI is InChI=1S/C15H24O4/c1-13(2)7-11-10(9-16)5-4-6-14(3,18)8-12(17)15(11,13)19/h4-6,11-12,16-19H,7-9H2,1-3H3/b6-4?,10-5-/t11-,12+,14-,15-/m1/s1. The first-order valence-corrected chi connectivity index (χ1v) is 6.76. The van der Waals surface area contributed by atoms with Gasteiger partial charge < -0.3 is 20.4 Å². The molecule has 0 amide bonds. The summed E-state index contributed by atoms with van der Waals surface area (Å²) in [6.45, 7) is 5.26. The molecule has 0 aromatic carbocycles. The largest absolute Gasteiger partial charge is 0.392 e. The fraction of sp³-hybridized carbons (Fsp3) is 0.733. The molecule has 4 heteroatoms. The van der Waals surface area contributed by atoms with E-state index in [0.717, 1.165) is 0 Å². The molecule has 108 valence electrons. The zero-order chi connectivity index (χ0) is 14.5.